The van der Waals surface area contributed by atoms with Gasteiger partial charge in [-0.25, -0.2) is 9.97 Å². The summed E-state index contributed by atoms with van der Waals surface area (Å²) in [5.41, 5.74) is 2.85. The summed E-state index contributed by atoms with van der Waals surface area (Å²) in [4.78, 5) is 11.4. The van der Waals surface area contributed by atoms with Crippen LogP contribution in [0.5, 0.6) is 0 Å². The molecule has 4 rings (SSSR count). The predicted molar refractivity (Wildman–Crippen MR) is 96.6 cm³/mol. The molecule has 120 valence electrons. The number of aromatic nitrogens is 4. The third-order valence-corrected chi connectivity index (χ3v) is 4.15. The molecule has 2 aromatic heterocycles. The van der Waals surface area contributed by atoms with Crippen molar-refractivity contribution >= 4 is 34.1 Å². The van der Waals surface area contributed by atoms with Crippen LogP contribution >= 0.6 is 11.6 Å². The zero-order chi connectivity index (χ0) is 16.7. The first-order valence-corrected chi connectivity index (χ1v) is 8.07. The summed E-state index contributed by atoms with van der Waals surface area (Å²) in [5, 5.41) is 6.25. The molecular weight excluding hydrogens is 322 g/mol. The van der Waals surface area contributed by atoms with E-state index in [1.165, 1.54) is 0 Å². The average Bonchev–Trinajstić information content (AvgIpc) is 2.95. The average molecular weight is 338 g/mol. The van der Waals surface area contributed by atoms with Crippen LogP contribution in [0.2, 0.25) is 5.02 Å². The second kappa shape index (κ2) is 5.76. The van der Waals surface area contributed by atoms with Crippen molar-refractivity contribution in [1.29, 1.82) is 0 Å². The van der Waals surface area contributed by atoms with Crippen LogP contribution in [0.15, 0.2) is 48.5 Å². The van der Waals surface area contributed by atoms with E-state index in [-0.39, 0.29) is 0 Å². The van der Waals surface area contributed by atoms with Gasteiger partial charge < -0.3 is 4.90 Å². The van der Waals surface area contributed by atoms with Crippen molar-refractivity contribution in [2.24, 2.45) is 0 Å². The zero-order valence-corrected chi connectivity index (χ0v) is 14.2. The van der Waals surface area contributed by atoms with Crippen molar-refractivity contribution in [2.45, 2.75) is 13.5 Å². The summed E-state index contributed by atoms with van der Waals surface area (Å²) in [6.45, 7) is 2.57. The third kappa shape index (κ3) is 2.57. The highest BCUT2D eigenvalue weighted by Gasteiger charge is 2.15. The number of halogens is 1. The fourth-order valence-electron chi connectivity index (χ4n) is 2.87. The number of rotatable bonds is 3. The number of para-hydroxylation sites is 1. The second-order valence-electron chi connectivity index (χ2n) is 5.81. The van der Waals surface area contributed by atoms with Gasteiger partial charge in [-0.3, -0.25) is 0 Å². The lowest BCUT2D eigenvalue weighted by Crippen LogP contribution is -2.21. The van der Waals surface area contributed by atoms with Crippen molar-refractivity contribution < 1.29 is 0 Å². The highest BCUT2D eigenvalue weighted by atomic mass is 35.5. The molecule has 0 amide bonds. The lowest BCUT2D eigenvalue weighted by atomic mass is 10.2. The molecule has 0 fully saturated rings. The molecule has 0 saturated carbocycles. The zero-order valence-electron chi connectivity index (χ0n) is 13.4. The van der Waals surface area contributed by atoms with Crippen LogP contribution in [0.1, 0.15) is 11.4 Å². The predicted octanol–water partition coefficient (Wildman–Crippen LogP) is 3.88. The van der Waals surface area contributed by atoms with Gasteiger partial charge >= 0.3 is 0 Å². The highest BCUT2D eigenvalue weighted by molar-refractivity contribution is 6.30. The normalized spacial score (nSPS) is 11.3. The third-order valence-electron chi connectivity index (χ3n) is 3.92. The monoisotopic (exact) mass is 337 g/mol. The fraction of sp³-hybridized carbons (Fsp3) is 0.167. The molecule has 0 aliphatic heterocycles. The Balaban J connectivity index is 1.85. The Bertz CT molecular complexity index is 1040. The SMILES string of the molecule is Cc1nc2c3ccccc3nc(N(C)Cc3cccc(Cl)c3)n2n1. The Morgan fingerprint density at radius 1 is 1.08 bits per heavy atom. The van der Waals surface area contributed by atoms with E-state index in [1.807, 2.05) is 67.0 Å². The van der Waals surface area contributed by atoms with E-state index in [0.29, 0.717) is 6.54 Å². The molecule has 0 aliphatic carbocycles. The van der Waals surface area contributed by atoms with Gasteiger partial charge in [-0.05, 0) is 36.8 Å². The Morgan fingerprint density at radius 3 is 2.75 bits per heavy atom. The van der Waals surface area contributed by atoms with Gasteiger partial charge in [-0.2, -0.15) is 4.52 Å². The Labute approximate surface area is 144 Å². The molecule has 6 heteroatoms. The molecule has 0 atom stereocenters. The summed E-state index contributed by atoms with van der Waals surface area (Å²) < 4.78 is 1.81. The van der Waals surface area contributed by atoms with Gasteiger partial charge in [0.05, 0.1) is 5.52 Å². The van der Waals surface area contributed by atoms with E-state index >= 15 is 0 Å². The number of nitrogens with zero attached hydrogens (tertiary/aromatic N) is 5. The first-order chi connectivity index (χ1) is 11.6. The summed E-state index contributed by atoms with van der Waals surface area (Å²) in [7, 11) is 1.99. The molecule has 4 aromatic rings. The van der Waals surface area contributed by atoms with Crippen molar-refractivity contribution in [3.63, 3.8) is 0 Å². The summed E-state index contributed by atoms with van der Waals surface area (Å²) in [6, 6.07) is 15.8. The summed E-state index contributed by atoms with van der Waals surface area (Å²) in [5.74, 6) is 1.48. The van der Waals surface area contributed by atoms with E-state index < -0.39 is 0 Å². The van der Waals surface area contributed by atoms with Crippen LogP contribution in [-0.2, 0) is 6.54 Å². The number of benzene rings is 2. The maximum atomic E-state index is 6.09. The summed E-state index contributed by atoms with van der Waals surface area (Å²) in [6.07, 6.45) is 0. The van der Waals surface area contributed by atoms with Crippen LogP contribution in [-0.4, -0.2) is 26.6 Å². The summed E-state index contributed by atoms with van der Waals surface area (Å²) >= 11 is 6.09. The molecule has 0 N–H and O–H groups in total. The molecule has 0 saturated heterocycles. The Kier molecular flexibility index (Phi) is 3.58. The molecular formula is C18H16ClN5. The maximum absolute atomic E-state index is 6.09. The van der Waals surface area contributed by atoms with Gasteiger partial charge in [0.2, 0.25) is 5.95 Å². The highest BCUT2D eigenvalue weighted by Crippen LogP contribution is 2.23. The van der Waals surface area contributed by atoms with E-state index in [0.717, 1.165) is 38.9 Å². The molecule has 0 unspecified atom stereocenters. The van der Waals surface area contributed by atoms with E-state index in [9.17, 15) is 0 Å². The number of fused-ring (bicyclic) bond motifs is 3. The van der Waals surface area contributed by atoms with E-state index in [2.05, 4.69) is 15.0 Å². The fourth-order valence-corrected chi connectivity index (χ4v) is 3.08. The second-order valence-corrected chi connectivity index (χ2v) is 6.25. The van der Waals surface area contributed by atoms with E-state index in [1.54, 1.807) is 0 Å². The van der Waals surface area contributed by atoms with Gasteiger partial charge in [-0.1, -0.05) is 35.9 Å². The maximum Gasteiger partial charge on any atom is 0.229 e. The largest absolute Gasteiger partial charge is 0.339 e. The number of hydrogen-bond donors (Lipinski definition) is 0. The van der Waals surface area contributed by atoms with Gasteiger partial charge in [0.15, 0.2) is 5.65 Å². The molecule has 2 heterocycles. The molecule has 24 heavy (non-hydrogen) atoms. The lowest BCUT2D eigenvalue weighted by molar-refractivity contribution is 0.809. The van der Waals surface area contributed by atoms with Crippen LogP contribution < -0.4 is 4.90 Å². The first-order valence-electron chi connectivity index (χ1n) is 7.69. The van der Waals surface area contributed by atoms with Crippen molar-refractivity contribution in [3.05, 3.63) is 64.9 Å². The molecule has 0 spiro atoms. The standard InChI is InChI=1S/C18H16ClN5/c1-12-20-17-15-8-3-4-9-16(15)21-18(24(17)22-12)23(2)11-13-6-5-7-14(19)10-13/h3-10H,11H2,1-2H3. The van der Waals surface area contributed by atoms with Crippen LogP contribution in [0.4, 0.5) is 5.95 Å². The quantitative estimate of drug-likeness (QED) is 0.569. The van der Waals surface area contributed by atoms with Crippen molar-refractivity contribution in [1.82, 2.24) is 19.6 Å². The molecule has 5 nitrogen and oxygen atoms in total. The molecule has 2 aromatic carbocycles. The molecule has 0 radical (unpaired) electrons. The number of aryl methyl sites for hydroxylation is 1. The van der Waals surface area contributed by atoms with Crippen molar-refractivity contribution in [3.8, 4) is 0 Å². The molecule has 0 aliphatic rings. The lowest BCUT2D eigenvalue weighted by Gasteiger charge is -2.19. The van der Waals surface area contributed by atoms with Crippen LogP contribution in [0.3, 0.4) is 0 Å². The minimum Gasteiger partial charge on any atom is -0.339 e. The topological polar surface area (TPSA) is 46.3 Å². The molecule has 0 bridgehead atoms. The van der Waals surface area contributed by atoms with Gasteiger partial charge in [-0.15, -0.1) is 5.10 Å². The van der Waals surface area contributed by atoms with Gasteiger partial charge in [0, 0.05) is 24.0 Å². The smallest absolute Gasteiger partial charge is 0.229 e. The minimum atomic E-state index is 0.680. The van der Waals surface area contributed by atoms with Crippen molar-refractivity contribution in [2.75, 3.05) is 11.9 Å². The number of anilines is 1. The number of hydrogen-bond acceptors (Lipinski definition) is 4. The first kappa shape index (κ1) is 14.9. The van der Waals surface area contributed by atoms with E-state index in [4.69, 9.17) is 16.6 Å². The van der Waals surface area contributed by atoms with Gasteiger partial charge in [0.1, 0.15) is 5.82 Å². The minimum absolute atomic E-state index is 0.680. The van der Waals surface area contributed by atoms with Crippen LogP contribution in [0.25, 0.3) is 16.6 Å². The van der Waals surface area contributed by atoms with Gasteiger partial charge in [0.25, 0.3) is 0 Å². The Hall–Kier alpha value is -2.66. The Morgan fingerprint density at radius 2 is 1.92 bits per heavy atom. The van der Waals surface area contributed by atoms with Crippen LogP contribution in [0, 0.1) is 6.92 Å².